The van der Waals surface area contributed by atoms with Crippen LogP contribution in [-0.2, 0) is 20.9 Å². The molecule has 3 heterocycles. The van der Waals surface area contributed by atoms with Gasteiger partial charge in [-0.15, -0.1) is 0 Å². The van der Waals surface area contributed by atoms with E-state index in [1.807, 2.05) is 38.1 Å². The highest BCUT2D eigenvalue weighted by Crippen LogP contribution is 2.40. The predicted molar refractivity (Wildman–Crippen MR) is 133 cm³/mol. The molecule has 0 bridgehead atoms. The van der Waals surface area contributed by atoms with E-state index in [0.29, 0.717) is 55.3 Å². The maximum absolute atomic E-state index is 13.4. The van der Waals surface area contributed by atoms with E-state index in [2.05, 4.69) is 6.07 Å². The van der Waals surface area contributed by atoms with Crippen molar-refractivity contribution in [3.05, 3.63) is 75.3 Å². The van der Waals surface area contributed by atoms with E-state index in [4.69, 9.17) is 23.4 Å². The molecule has 36 heavy (non-hydrogen) atoms. The third-order valence-electron chi connectivity index (χ3n) is 7.30. The molecule has 3 atom stereocenters. The molecule has 0 spiro atoms. The van der Waals surface area contributed by atoms with Gasteiger partial charge in [0.15, 0.2) is 17.3 Å². The lowest BCUT2D eigenvalue weighted by molar-refractivity contribution is -0.128. The van der Waals surface area contributed by atoms with Gasteiger partial charge in [-0.05, 0) is 67.1 Å². The average Bonchev–Trinajstić information content (AvgIpc) is 2.86. The zero-order chi connectivity index (χ0) is 24.8. The molecule has 0 saturated heterocycles. The maximum Gasteiger partial charge on any atom is 0.336 e. The Morgan fingerprint density at radius 2 is 1.81 bits per heavy atom. The van der Waals surface area contributed by atoms with Crippen LogP contribution in [0.15, 0.2) is 51.9 Å². The summed E-state index contributed by atoms with van der Waals surface area (Å²) in [5.74, 6) is 1.24. The van der Waals surface area contributed by atoms with E-state index in [-0.39, 0.29) is 29.5 Å². The number of ether oxygens (including phenoxy) is 4. The number of carbonyl (C=O) groups is 1. The summed E-state index contributed by atoms with van der Waals surface area (Å²) in [6.45, 7) is 5.32. The SMILES string of the molecule is Cc1cc(C)c2c(COC3CCC4C(=O)C(c5ccc6c(c5)OCCO6)=COC4C3)cc(=O)oc2c1. The van der Waals surface area contributed by atoms with E-state index in [1.54, 1.807) is 6.26 Å². The smallest absolute Gasteiger partial charge is 0.336 e. The number of hydrogen-bond acceptors (Lipinski definition) is 7. The Hall–Kier alpha value is -3.58. The molecule has 2 aromatic carbocycles. The van der Waals surface area contributed by atoms with Crippen molar-refractivity contribution in [3.63, 3.8) is 0 Å². The van der Waals surface area contributed by atoms with E-state index in [0.717, 1.165) is 34.1 Å². The molecule has 6 rings (SSSR count). The maximum atomic E-state index is 13.4. The van der Waals surface area contributed by atoms with Gasteiger partial charge < -0.3 is 23.4 Å². The molecule has 3 aliphatic rings. The van der Waals surface area contributed by atoms with Crippen molar-refractivity contribution in [1.82, 2.24) is 0 Å². The first kappa shape index (κ1) is 22.9. The summed E-state index contributed by atoms with van der Waals surface area (Å²) in [5.41, 5.74) is 4.47. The molecule has 1 saturated carbocycles. The Labute approximate surface area is 208 Å². The highest BCUT2D eigenvalue weighted by atomic mass is 16.6. The Morgan fingerprint density at radius 3 is 2.67 bits per heavy atom. The number of Topliss-reactive ketones (excluding diaryl/α,β-unsaturated/α-hetero) is 1. The zero-order valence-corrected chi connectivity index (χ0v) is 20.4. The van der Waals surface area contributed by atoms with Crippen LogP contribution in [0.5, 0.6) is 11.5 Å². The molecule has 7 heteroatoms. The van der Waals surface area contributed by atoms with Crippen LogP contribution in [0, 0.1) is 19.8 Å². The van der Waals surface area contributed by atoms with Crippen LogP contribution < -0.4 is 15.1 Å². The van der Waals surface area contributed by atoms with E-state index >= 15 is 0 Å². The normalized spacial score (nSPS) is 23.1. The minimum Gasteiger partial charge on any atom is -0.496 e. The molecule has 1 aromatic heterocycles. The third kappa shape index (κ3) is 4.17. The van der Waals surface area contributed by atoms with Crippen molar-refractivity contribution < 1.29 is 28.2 Å². The summed E-state index contributed by atoms with van der Waals surface area (Å²) in [7, 11) is 0. The van der Waals surface area contributed by atoms with Crippen LogP contribution in [-0.4, -0.2) is 31.2 Å². The highest BCUT2D eigenvalue weighted by Gasteiger charge is 2.41. The first-order valence-corrected chi connectivity index (χ1v) is 12.4. The number of hydrogen-bond donors (Lipinski definition) is 0. The van der Waals surface area contributed by atoms with Gasteiger partial charge in [0.05, 0.1) is 30.5 Å². The fourth-order valence-electron chi connectivity index (χ4n) is 5.62. The van der Waals surface area contributed by atoms with E-state index < -0.39 is 0 Å². The lowest BCUT2D eigenvalue weighted by Gasteiger charge is -2.37. The first-order valence-electron chi connectivity index (χ1n) is 12.4. The average molecular weight is 489 g/mol. The van der Waals surface area contributed by atoms with Crippen molar-refractivity contribution in [3.8, 4) is 11.5 Å². The second kappa shape index (κ2) is 9.13. The number of allylic oxidation sites excluding steroid dienone is 1. The topological polar surface area (TPSA) is 84.2 Å². The Kier molecular flexibility index (Phi) is 5.80. The monoisotopic (exact) mass is 488 g/mol. The standard InChI is InChI=1S/C29H28O7/c1-16-9-17(2)28-19(12-27(30)36-26(28)10-16)14-34-20-4-5-21-24(13-20)35-15-22(29(21)31)18-3-6-23-25(11-18)33-8-7-32-23/h3,6,9-12,15,20-21,24H,4-5,7-8,13-14H2,1-2H3. The Balaban J connectivity index is 1.16. The number of rotatable bonds is 4. The van der Waals surface area contributed by atoms with Crippen molar-refractivity contribution in [2.24, 2.45) is 5.92 Å². The molecule has 1 aliphatic carbocycles. The summed E-state index contributed by atoms with van der Waals surface area (Å²) in [4.78, 5) is 25.5. The quantitative estimate of drug-likeness (QED) is 0.484. The van der Waals surface area contributed by atoms with E-state index in [1.165, 1.54) is 6.07 Å². The third-order valence-corrected chi connectivity index (χ3v) is 7.30. The molecule has 186 valence electrons. The van der Waals surface area contributed by atoms with Gasteiger partial charge in [0.1, 0.15) is 24.9 Å². The fraction of sp³-hybridized carbons (Fsp3) is 0.379. The molecule has 0 N–H and O–H groups in total. The lowest BCUT2D eigenvalue weighted by atomic mass is 9.78. The largest absolute Gasteiger partial charge is 0.496 e. The van der Waals surface area contributed by atoms with E-state index in [9.17, 15) is 9.59 Å². The minimum absolute atomic E-state index is 0.0589. The van der Waals surface area contributed by atoms with Crippen molar-refractivity contribution in [2.45, 2.75) is 51.9 Å². The number of carbonyl (C=O) groups excluding carboxylic acids is 1. The van der Waals surface area contributed by atoms with Gasteiger partial charge in [0.2, 0.25) is 0 Å². The molecule has 0 amide bonds. The van der Waals surface area contributed by atoms with Gasteiger partial charge in [-0.25, -0.2) is 4.79 Å². The molecule has 2 aliphatic heterocycles. The van der Waals surface area contributed by atoms with Crippen molar-refractivity contribution in [1.29, 1.82) is 0 Å². The summed E-state index contributed by atoms with van der Waals surface area (Å²) in [5, 5.41) is 0.921. The number of benzene rings is 2. The second-order valence-corrected chi connectivity index (χ2v) is 9.83. The van der Waals surface area contributed by atoms with Crippen LogP contribution in [0.2, 0.25) is 0 Å². The van der Waals surface area contributed by atoms with Crippen molar-refractivity contribution in [2.75, 3.05) is 13.2 Å². The molecule has 3 aromatic rings. The van der Waals surface area contributed by atoms with Gasteiger partial charge >= 0.3 is 5.63 Å². The zero-order valence-electron chi connectivity index (χ0n) is 20.4. The second-order valence-electron chi connectivity index (χ2n) is 9.83. The number of fused-ring (bicyclic) bond motifs is 3. The van der Waals surface area contributed by atoms with Crippen LogP contribution in [0.4, 0.5) is 0 Å². The first-order chi connectivity index (χ1) is 17.5. The van der Waals surface area contributed by atoms with Gasteiger partial charge in [0.25, 0.3) is 0 Å². The lowest BCUT2D eigenvalue weighted by Crippen LogP contribution is -2.41. The molecular formula is C29H28O7. The van der Waals surface area contributed by atoms with Crippen LogP contribution in [0.3, 0.4) is 0 Å². The molecular weight excluding hydrogens is 460 g/mol. The van der Waals surface area contributed by atoms with Gasteiger partial charge in [-0.3, -0.25) is 4.79 Å². The number of aryl methyl sites for hydroxylation is 2. The van der Waals surface area contributed by atoms with Crippen molar-refractivity contribution >= 4 is 22.3 Å². The Bertz CT molecular complexity index is 1430. The van der Waals surface area contributed by atoms with Crippen LogP contribution >= 0.6 is 0 Å². The van der Waals surface area contributed by atoms with Gasteiger partial charge in [-0.2, -0.15) is 0 Å². The summed E-state index contributed by atoms with van der Waals surface area (Å²) in [6.07, 6.45) is 3.36. The van der Waals surface area contributed by atoms with Crippen LogP contribution in [0.1, 0.15) is 41.5 Å². The summed E-state index contributed by atoms with van der Waals surface area (Å²) < 4.78 is 29.0. The molecule has 1 fully saturated rings. The Morgan fingerprint density at radius 1 is 0.972 bits per heavy atom. The highest BCUT2D eigenvalue weighted by molar-refractivity contribution is 6.22. The minimum atomic E-state index is -0.382. The van der Waals surface area contributed by atoms with Gasteiger partial charge in [-0.1, -0.05) is 12.1 Å². The summed E-state index contributed by atoms with van der Waals surface area (Å²) in [6, 6.07) is 11.0. The molecule has 0 radical (unpaired) electrons. The molecule has 3 unspecified atom stereocenters. The van der Waals surface area contributed by atoms with Crippen LogP contribution in [0.25, 0.3) is 16.5 Å². The fourth-order valence-corrected chi connectivity index (χ4v) is 5.62. The van der Waals surface area contributed by atoms with Gasteiger partial charge in [0, 0.05) is 17.9 Å². The number of ketones is 1. The predicted octanol–water partition coefficient (Wildman–Crippen LogP) is 4.88. The summed E-state index contributed by atoms with van der Waals surface area (Å²) >= 11 is 0. The molecule has 7 nitrogen and oxygen atoms in total.